The molecule has 1 aromatic rings. The van der Waals surface area contributed by atoms with E-state index in [-0.39, 0.29) is 0 Å². The fraction of sp³-hybridized carbons (Fsp3) is 0.583. The van der Waals surface area contributed by atoms with Crippen LogP contribution in [0.15, 0.2) is 18.2 Å². The highest BCUT2D eigenvalue weighted by Gasteiger charge is 2.29. The lowest BCUT2D eigenvalue weighted by molar-refractivity contribution is -0.0661. The molecular formula is C12H16IN3O. The Morgan fingerprint density at radius 1 is 1.18 bits per heavy atom. The number of anilines is 1. The lowest BCUT2D eigenvalue weighted by Crippen LogP contribution is -2.56. The van der Waals surface area contributed by atoms with E-state index < -0.39 is 0 Å². The zero-order valence-electron chi connectivity index (χ0n) is 9.68. The first-order valence-corrected chi connectivity index (χ1v) is 7.10. The largest absolute Gasteiger partial charge is 0.378 e. The van der Waals surface area contributed by atoms with Crippen molar-refractivity contribution in [2.45, 2.75) is 6.04 Å². The van der Waals surface area contributed by atoms with Gasteiger partial charge in [-0.25, -0.2) is 4.98 Å². The first-order chi connectivity index (χ1) is 8.33. The maximum atomic E-state index is 5.25. The minimum absolute atomic E-state index is 0.668. The molecule has 2 aliphatic heterocycles. The molecule has 0 aliphatic carbocycles. The fourth-order valence-corrected chi connectivity index (χ4v) is 2.78. The van der Waals surface area contributed by atoms with Gasteiger partial charge in [-0.05, 0) is 34.7 Å². The van der Waals surface area contributed by atoms with Crippen molar-refractivity contribution in [1.82, 2.24) is 9.88 Å². The Labute approximate surface area is 115 Å². The zero-order valence-corrected chi connectivity index (χ0v) is 11.8. The molecule has 92 valence electrons. The molecule has 0 aromatic carbocycles. The molecule has 3 rings (SSSR count). The van der Waals surface area contributed by atoms with Gasteiger partial charge in [-0.15, -0.1) is 0 Å². The third-order valence-corrected chi connectivity index (χ3v) is 4.08. The predicted octanol–water partition coefficient (Wildman–Crippen LogP) is 1.21. The molecule has 0 saturated carbocycles. The highest BCUT2D eigenvalue weighted by molar-refractivity contribution is 14.1. The quantitative estimate of drug-likeness (QED) is 0.595. The minimum atomic E-state index is 0.668. The van der Waals surface area contributed by atoms with Gasteiger partial charge in [0.25, 0.3) is 0 Å². The molecule has 2 saturated heterocycles. The van der Waals surface area contributed by atoms with E-state index in [0.29, 0.717) is 6.04 Å². The Morgan fingerprint density at radius 3 is 2.53 bits per heavy atom. The number of piperazine rings is 1. The number of ether oxygens (including phenoxy) is 1. The van der Waals surface area contributed by atoms with Gasteiger partial charge >= 0.3 is 0 Å². The topological polar surface area (TPSA) is 28.6 Å². The van der Waals surface area contributed by atoms with Gasteiger partial charge in [-0.2, -0.15) is 0 Å². The highest BCUT2D eigenvalue weighted by atomic mass is 127. The van der Waals surface area contributed by atoms with Crippen LogP contribution >= 0.6 is 22.6 Å². The van der Waals surface area contributed by atoms with Crippen LogP contribution in [0.1, 0.15) is 0 Å². The summed E-state index contributed by atoms with van der Waals surface area (Å²) in [5, 5.41) is 0. The van der Waals surface area contributed by atoms with Crippen molar-refractivity contribution in [3.05, 3.63) is 21.9 Å². The van der Waals surface area contributed by atoms with Crippen LogP contribution in [0.3, 0.4) is 0 Å². The molecule has 1 aromatic heterocycles. The summed E-state index contributed by atoms with van der Waals surface area (Å²) < 4.78 is 6.31. The summed E-state index contributed by atoms with van der Waals surface area (Å²) in [4.78, 5) is 9.48. The van der Waals surface area contributed by atoms with Crippen LogP contribution in [-0.4, -0.2) is 55.3 Å². The minimum Gasteiger partial charge on any atom is -0.378 e. The number of halogens is 1. The summed E-state index contributed by atoms with van der Waals surface area (Å²) in [5.41, 5.74) is 0. The molecule has 0 atom stereocenters. The molecular weight excluding hydrogens is 329 g/mol. The number of aromatic nitrogens is 1. The van der Waals surface area contributed by atoms with Crippen molar-refractivity contribution >= 4 is 28.4 Å². The second-order valence-corrected chi connectivity index (χ2v) is 5.64. The molecule has 5 heteroatoms. The van der Waals surface area contributed by atoms with Gasteiger partial charge < -0.3 is 9.64 Å². The van der Waals surface area contributed by atoms with Gasteiger partial charge in [0.15, 0.2) is 0 Å². The van der Waals surface area contributed by atoms with Crippen LogP contribution in [0.4, 0.5) is 5.82 Å². The summed E-state index contributed by atoms with van der Waals surface area (Å²) in [5.74, 6) is 1.11. The first-order valence-electron chi connectivity index (χ1n) is 6.02. The fourth-order valence-electron chi connectivity index (χ4n) is 2.32. The van der Waals surface area contributed by atoms with E-state index >= 15 is 0 Å². The average Bonchev–Trinajstić information content (AvgIpc) is 2.28. The van der Waals surface area contributed by atoms with E-state index in [0.717, 1.165) is 48.9 Å². The standard InChI is InChI=1S/C12H16IN3O/c13-11-2-1-3-12(14-11)16-6-4-15(5-7-16)10-8-17-9-10/h1-3,10H,4-9H2. The van der Waals surface area contributed by atoms with Crippen LogP contribution in [0.25, 0.3) is 0 Å². The Hall–Kier alpha value is -0.400. The highest BCUT2D eigenvalue weighted by Crippen LogP contribution is 2.18. The summed E-state index contributed by atoms with van der Waals surface area (Å²) in [7, 11) is 0. The number of nitrogens with zero attached hydrogens (tertiary/aromatic N) is 3. The van der Waals surface area contributed by atoms with Gasteiger partial charge in [0.2, 0.25) is 0 Å². The van der Waals surface area contributed by atoms with E-state index in [1.54, 1.807) is 0 Å². The van der Waals surface area contributed by atoms with Gasteiger partial charge in [-0.1, -0.05) is 6.07 Å². The van der Waals surface area contributed by atoms with Crippen molar-refractivity contribution < 1.29 is 4.74 Å². The van der Waals surface area contributed by atoms with E-state index in [4.69, 9.17) is 4.74 Å². The average molecular weight is 345 g/mol. The van der Waals surface area contributed by atoms with E-state index in [1.165, 1.54) is 0 Å². The van der Waals surface area contributed by atoms with Gasteiger partial charge in [-0.3, -0.25) is 4.90 Å². The molecule has 2 fully saturated rings. The summed E-state index contributed by atoms with van der Waals surface area (Å²) in [6.07, 6.45) is 0. The molecule has 0 unspecified atom stereocenters. The smallest absolute Gasteiger partial charge is 0.129 e. The Bertz CT molecular complexity index is 389. The molecule has 0 N–H and O–H groups in total. The van der Waals surface area contributed by atoms with E-state index in [1.807, 2.05) is 6.07 Å². The number of pyridine rings is 1. The maximum Gasteiger partial charge on any atom is 0.129 e. The van der Waals surface area contributed by atoms with Crippen LogP contribution in [0.5, 0.6) is 0 Å². The van der Waals surface area contributed by atoms with Crippen molar-refractivity contribution in [3.8, 4) is 0 Å². The Balaban J connectivity index is 1.60. The maximum absolute atomic E-state index is 5.25. The molecule has 3 heterocycles. The number of hydrogen-bond donors (Lipinski definition) is 0. The number of hydrogen-bond acceptors (Lipinski definition) is 4. The van der Waals surface area contributed by atoms with Gasteiger partial charge in [0.05, 0.1) is 19.3 Å². The summed E-state index contributed by atoms with van der Waals surface area (Å²) in [6.45, 7) is 6.23. The molecule has 4 nitrogen and oxygen atoms in total. The van der Waals surface area contributed by atoms with Crippen molar-refractivity contribution in [1.29, 1.82) is 0 Å². The van der Waals surface area contributed by atoms with Crippen LogP contribution in [0.2, 0.25) is 0 Å². The molecule has 0 radical (unpaired) electrons. The van der Waals surface area contributed by atoms with Crippen LogP contribution in [0, 0.1) is 3.70 Å². The Kier molecular flexibility index (Phi) is 3.49. The second kappa shape index (κ2) is 5.07. The lowest BCUT2D eigenvalue weighted by atomic mass is 10.2. The van der Waals surface area contributed by atoms with Crippen LogP contribution in [-0.2, 0) is 4.74 Å². The van der Waals surface area contributed by atoms with Crippen LogP contribution < -0.4 is 4.90 Å². The third kappa shape index (κ3) is 2.56. The zero-order chi connectivity index (χ0) is 11.7. The van der Waals surface area contributed by atoms with E-state index in [9.17, 15) is 0 Å². The molecule has 17 heavy (non-hydrogen) atoms. The monoisotopic (exact) mass is 345 g/mol. The van der Waals surface area contributed by atoms with Gasteiger partial charge in [0.1, 0.15) is 9.52 Å². The van der Waals surface area contributed by atoms with Crippen molar-refractivity contribution in [3.63, 3.8) is 0 Å². The predicted molar refractivity (Wildman–Crippen MR) is 75.3 cm³/mol. The SMILES string of the molecule is Ic1cccc(N2CCN(C3COC3)CC2)n1. The van der Waals surface area contributed by atoms with E-state index in [2.05, 4.69) is 49.5 Å². The van der Waals surface area contributed by atoms with Gasteiger partial charge in [0, 0.05) is 26.2 Å². The number of rotatable bonds is 2. The molecule has 0 amide bonds. The third-order valence-electron chi connectivity index (χ3n) is 3.48. The van der Waals surface area contributed by atoms with Crippen molar-refractivity contribution in [2.75, 3.05) is 44.3 Å². The summed E-state index contributed by atoms with van der Waals surface area (Å²) in [6, 6.07) is 6.88. The van der Waals surface area contributed by atoms with Crippen molar-refractivity contribution in [2.24, 2.45) is 0 Å². The first kappa shape index (κ1) is 11.7. The Morgan fingerprint density at radius 2 is 1.94 bits per heavy atom. The summed E-state index contributed by atoms with van der Waals surface area (Å²) >= 11 is 2.27. The lowest BCUT2D eigenvalue weighted by Gasteiger charge is -2.42. The molecule has 0 spiro atoms. The molecule has 0 bridgehead atoms. The second-order valence-electron chi connectivity index (χ2n) is 4.53. The normalized spacial score (nSPS) is 22.5. The molecule has 2 aliphatic rings.